The SMILES string of the molecule is C/C(=C\c1scnc1C(=O)O)COc1ccc(C#CCN(C)C)cc1F. The minimum atomic E-state index is -1.08. The van der Waals surface area contributed by atoms with Crippen molar-refractivity contribution in [3.8, 4) is 17.6 Å². The molecular weight excluding hydrogens is 355 g/mol. The van der Waals surface area contributed by atoms with Crippen molar-refractivity contribution in [1.82, 2.24) is 9.88 Å². The number of nitrogens with zero attached hydrogens (tertiary/aromatic N) is 2. The average molecular weight is 374 g/mol. The van der Waals surface area contributed by atoms with Crippen LogP contribution in [-0.2, 0) is 0 Å². The normalized spacial score (nSPS) is 11.2. The van der Waals surface area contributed by atoms with Gasteiger partial charge < -0.3 is 9.84 Å². The third-order valence-electron chi connectivity index (χ3n) is 3.19. The number of carbonyl (C=O) groups is 1. The highest BCUT2D eigenvalue weighted by molar-refractivity contribution is 7.10. The van der Waals surface area contributed by atoms with E-state index in [9.17, 15) is 9.18 Å². The lowest BCUT2D eigenvalue weighted by molar-refractivity contribution is 0.0691. The van der Waals surface area contributed by atoms with Gasteiger partial charge in [0.15, 0.2) is 17.3 Å². The fourth-order valence-electron chi connectivity index (χ4n) is 1.97. The molecule has 0 bridgehead atoms. The van der Waals surface area contributed by atoms with Crippen LogP contribution in [0.2, 0.25) is 0 Å². The summed E-state index contributed by atoms with van der Waals surface area (Å²) >= 11 is 1.23. The Morgan fingerprint density at radius 3 is 2.88 bits per heavy atom. The zero-order valence-corrected chi connectivity index (χ0v) is 15.6. The number of ether oxygens (including phenoxy) is 1. The first-order valence-corrected chi connectivity index (χ1v) is 8.64. The Morgan fingerprint density at radius 1 is 1.46 bits per heavy atom. The van der Waals surface area contributed by atoms with Gasteiger partial charge in [-0.2, -0.15) is 0 Å². The molecule has 1 aromatic carbocycles. The molecule has 1 aromatic heterocycles. The summed E-state index contributed by atoms with van der Waals surface area (Å²) in [4.78, 5) is 17.3. The molecule has 1 N–H and O–H groups in total. The van der Waals surface area contributed by atoms with Crippen molar-refractivity contribution in [1.29, 1.82) is 0 Å². The van der Waals surface area contributed by atoms with Crippen molar-refractivity contribution in [3.63, 3.8) is 0 Å². The van der Waals surface area contributed by atoms with Gasteiger partial charge in [-0.05, 0) is 50.9 Å². The number of benzene rings is 1. The maximum absolute atomic E-state index is 14.1. The second-order valence-corrected chi connectivity index (χ2v) is 6.72. The highest BCUT2D eigenvalue weighted by Gasteiger charge is 2.12. The Hall–Kier alpha value is -2.69. The van der Waals surface area contributed by atoms with Gasteiger partial charge in [-0.3, -0.25) is 4.90 Å². The molecule has 0 unspecified atom stereocenters. The van der Waals surface area contributed by atoms with E-state index in [0.717, 1.165) is 5.57 Å². The van der Waals surface area contributed by atoms with E-state index < -0.39 is 11.8 Å². The second kappa shape index (κ2) is 9.13. The first-order valence-electron chi connectivity index (χ1n) is 7.76. The third-order valence-corrected chi connectivity index (χ3v) is 3.97. The maximum atomic E-state index is 14.1. The van der Waals surface area contributed by atoms with Crippen molar-refractivity contribution in [2.24, 2.45) is 0 Å². The first kappa shape index (κ1) is 19.6. The number of thiazole rings is 1. The number of aromatic nitrogens is 1. The predicted molar refractivity (Wildman–Crippen MR) is 100 cm³/mol. The minimum Gasteiger partial charge on any atom is -0.486 e. The number of carboxylic acids is 1. The van der Waals surface area contributed by atoms with Gasteiger partial charge in [0, 0.05) is 5.56 Å². The van der Waals surface area contributed by atoms with Gasteiger partial charge in [0.1, 0.15) is 6.61 Å². The highest BCUT2D eigenvalue weighted by atomic mass is 32.1. The van der Waals surface area contributed by atoms with Crippen LogP contribution in [0, 0.1) is 17.7 Å². The van der Waals surface area contributed by atoms with Crippen molar-refractivity contribution in [3.05, 3.63) is 51.2 Å². The second-order valence-electron chi connectivity index (χ2n) is 5.83. The molecule has 0 spiro atoms. The molecule has 26 heavy (non-hydrogen) atoms. The summed E-state index contributed by atoms with van der Waals surface area (Å²) in [6.45, 7) is 2.52. The van der Waals surface area contributed by atoms with Crippen LogP contribution in [0.5, 0.6) is 5.75 Å². The van der Waals surface area contributed by atoms with E-state index in [0.29, 0.717) is 17.0 Å². The molecule has 0 saturated heterocycles. The molecule has 0 aliphatic heterocycles. The number of hydrogen-bond donors (Lipinski definition) is 1. The van der Waals surface area contributed by atoms with Gasteiger partial charge in [0.05, 0.1) is 16.9 Å². The van der Waals surface area contributed by atoms with Crippen LogP contribution in [0.25, 0.3) is 6.08 Å². The fraction of sp³-hybridized carbons (Fsp3) is 0.263. The number of rotatable bonds is 6. The molecule has 0 aliphatic carbocycles. The lowest BCUT2D eigenvalue weighted by Crippen LogP contribution is -2.10. The van der Waals surface area contributed by atoms with E-state index in [4.69, 9.17) is 9.84 Å². The van der Waals surface area contributed by atoms with Crippen LogP contribution in [0.4, 0.5) is 4.39 Å². The van der Waals surface area contributed by atoms with Crippen molar-refractivity contribution >= 4 is 23.4 Å². The van der Waals surface area contributed by atoms with Crippen LogP contribution in [-0.4, -0.2) is 48.2 Å². The Kier molecular flexibility index (Phi) is 6.89. The highest BCUT2D eigenvalue weighted by Crippen LogP contribution is 2.21. The predicted octanol–water partition coefficient (Wildman–Crippen LogP) is 3.38. The van der Waals surface area contributed by atoms with E-state index in [1.807, 2.05) is 19.0 Å². The van der Waals surface area contributed by atoms with E-state index in [1.165, 1.54) is 29.0 Å². The topological polar surface area (TPSA) is 62.7 Å². The van der Waals surface area contributed by atoms with Crippen molar-refractivity contribution in [2.45, 2.75) is 6.92 Å². The number of hydrogen-bond acceptors (Lipinski definition) is 5. The smallest absolute Gasteiger partial charge is 0.356 e. The zero-order valence-electron chi connectivity index (χ0n) is 14.7. The Labute approximate surface area is 155 Å². The molecule has 0 atom stereocenters. The van der Waals surface area contributed by atoms with Gasteiger partial charge in [0.2, 0.25) is 0 Å². The molecule has 0 radical (unpaired) electrons. The summed E-state index contributed by atoms with van der Waals surface area (Å²) in [6.07, 6.45) is 1.68. The van der Waals surface area contributed by atoms with Crippen LogP contribution < -0.4 is 4.74 Å². The van der Waals surface area contributed by atoms with Crippen LogP contribution >= 0.6 is 11.3 Å². The van der Waals surface area contributed by atoms with E-state index in [1.54, 1.807) is 19.1 Å². The van der Waals surface area contributed by atoms with Crippen LogP contribution in [0.15, 0.2) is 29.3 Å². The molecule has 0 aliphatic rings. The number of aromatic carboxylic acids is 1. The summed E-state index contributed by atoms with van der Waals surface area (Å²) < 4.78 is 19.6. The summed E-state index contributed by atoms with van der Waals surface area (Å²) in [5, 5.41) is 9.05. The first-order chi connectivity index (χ1) is 12.4. The maximum Gasteiger partial charge on any atom is 0.356 e. The monoisotopic (exact) mass is 374 g/mol. The summed E-state index contributed by atoms with van der Waals surface area (Å²) in [7, 11) is 3.82. The minimum absolute atomic E-state index is 0.00109. The molecule has 0 saturated carbocycles. The number of carboxylic acid groups (broad SMARTS) is 1. The van der Waals surface area contributed by atoms with Crippen molar-refractivity contribution in [2.75, 3.05) is 27.2 Å². The van der Waals surface area contributed by atoms with Gasteiger partial charge >= 0.3 is 5.97 Å². The van der Waals surface area contributed by atoms with Gasteiger partial charge in [0.25, 0.3) is 0 Å². The Bertz CT molecular complexity index is 878. The molecule has 2 rings (SSSR count). The average Bonchev–Trinajstić information content (AvgIpc) is 3.02. The Balaban J connectivity index is 2.02. The molecule has 2 aromatic rings. The largest absolute Gasteiger partial charge is 0.486 e. The quantitative estimate of drug-likeness (QED) is 0.786. The fourth-order valence-corrected chi connectivity index (χ4v) is 2.76. The molecule has 1 heterocycles. The van der Waals surface area contributed by atoms with E-state index >= 15 is 0 Å². The molecular formula is C19H19FN2O3S. The molecule has 136 valence electrons. The van der Waals surface area contributed by atoms with Gasteiger partial charge in [-0.15, -0.1) is 11.3 Å². The molecule has 5 nitrogen and oxygen atoms in total. The Morgan fingerprint density at radius 2 is 2.23 bits per heavy atom. The number of halogens is 1. The lowest BCUT2D eigenvalue weighted by atomic mass is 10.2. The third kappa shape index (κ3) is 5.69. The zero-order chi connectivity index (χ0) is 19.1. The lowest BCUT2D eigenvalue weighted by Gasteiger charge is -2.08. The van der Waals surface area contributed by atoms with Crippen LogP contribution in [0.1, 0.15) is 27.9 Å². The summed E-state index contributed by atoms with van der Waals surface area (Å²) in [5.41, 5.74) is 2.81. The molecule has 0 amide bonds. The van der Waals surface area contributed by atoms with E-state index in [2.05, 4.69) is 16.8 Å². The van der Waals surface area contributed by atoms with Gasteiger partial charge in [-0.25, -0.2) is 14.2 Å². The molecule has 0 fully saturated rings. The van der Waals surface area contributed by atoms with Crippen LogP contribution in [0.3, 0.4) is 0 Å². The summed E-state index contributed by atoms with van der Waals surface area (Å²) in [5.74, 6) is 4.40. The summed E-state index contributed by atoms with van der Waals surface area (Å²) in [6, 6.07) is 4.58. The van der Waals surface area contributed by atoms with E-state index in [-0.39, 0.29) is 18.1 Å². The standard InChI is InChI=1S/C19H19FN2O3S/c1-13(9-17-18(19(23)24)21-12-26-17)11-25-16-7-6-14(10-15(16)20)5-4-8-22(2)3/h6-7,9-10,12H,8,11H2,1-3H3,(H,23,24)/b13-9+. The van der Waals surface area contributed by atoms with Crippen molar-refractivity contribution < 1.29 is 19.0 Å². The van der Waals surface area contributed by atoms with Gasteiger partial charge in [-0.1, -0.05) is 11.8 Å². The molecule has 7 heteroatoms.